The first-order valence-corrected chi connectivity index (χ1v) is 5.57. The summed E-state index contributed by atoms with van der Waals surface area (Å²) in [7, 11) is 0. The lowest BCUT2D eigenvalue weighted by atomic mass is 9.83. The van der Waals surface area contributed by atoms with Gasteiger partial charge in [-0.1, -0.05) is 0 Å². The van der Waals surface area contributed by atoms with E-state index in [2.05, 4.69) is 4.90 Å². The standard InChI is InChI=1S/C11H16N2O/c12-11-8-4-2-6-13(8)7-3-1-5-9(14)10(7)11/h7,10H,1-6,12H2. The molecule has 2 heterocycles. The number of nitrogens with zero attached hydrogens (tertiary/aromatic N) is 1. The predicted molar refractivity (Wildman–Crippen MR) is 53.3 cm³/mol. The molecule has 0 aromatic heterocycles. The molecule has 3 nitrogen and oxygen atoms in total. The summed E-state index contributed by atoms with van der Waals surface area (Å²) < 4.78 is 0. The summed E-state index contributed by atoms with van der Waals surface area (Å²) in [6, 6.07) is 0.425. The molecule has 3 rings (SSSR count). The minimum absolute atomic E-state index is 0.0547. The Labute approximate surface area is 83.9 Å². The highest BCUT2D eigenvalue weighted by molar-refractivity contribution is 5.86. The summed E-state index contributed by atoms with van der Waals surface area (Å²) in [6.45, 7) is 1.12. The number of fused-ring (bicyclic) bond motifs is 3. The van der Waals surface area contributed by atoms with Crippen molar-refractivity contribution in [3.05, 3.63) is 11.4 Å². The van der Waals surface area contributed by atoms with E-state index in [1.54, 1.807) is 0 Å². The lowest BCUT2D eigenvalue weighted by Gasteiger charge is -2.31. The molecule has 1 saturated carbocycles. The average molecular weight is 192 g/mol. The molecule has 0 radical (unpaired) electrons. The first-order chi connectivity index (χ1) is 6.79. The van der Waals surface area contributed by atoms with Gasteiger partial charge < -0.3 is 10.6 Å². The Morgan fingerprint density at radius 3 is 3.00 bits per heavy atom. The number of ketones is 1. The summed E-state index contributed by atoms with van der Waals surface area (Å²) in [5.74, 6) is 0.430. The Balaban J connectivity index is 2.00. The summed E-state index contributed by atoms with van der Waals surface area (Å²) >= 11 is 0. The summed E-state index contributed by atoms with van der Waals surface area (Å²) in [6.07, 6.45) is 5.25. The van der Waals surface area contributed by atoms with E-state index in [1.165, 1.54) is 12.1 Å². The number of hydrogen-bond acceptors (Lipinski definition) is 3. The molecule has 1 saturated heterocycles. The Morgan fingerprint density at radius 1 is 1.29 bits per heavy atom. The van der Waals surface area contributed by atoms with Crippen molar-refractivity contribution < 1.29 is 4.79 Å². The van der Waals surface area contributed by atoms with E-state index >= 15 is 0 Å². The average Bonchev–Trinajstić information content (AvgIpc) is 2.71. The van der Waals surface area contributed by atoms with Crippen LogP contribution in [0.15, 0.2) is 11.4 Å². The summed E-state index contributed by atoms with van der Waals surface area (Å²) in [5, 5.41) is 0. The first kappa shape index (κ1) is 8.33. The Hall–Kier alpha value is -0.990. The van der Waals surface area contributed by atoms with Gasteiger partial charge in [0.15, 0.2) is 0 Å². The first-order valence-electron chi connectivity index (χ1n) is 5.57. The number of Topliss-reactive ketones (excluding diaryl/α,β-unsaturated/α-hetero) is 1. The third-order valence-corrected chi connectivity index (χ3v) is 3.88. The fourth-order valence-corrected chi connectivity index (χ4v) is 3.29. The van der Waals surface area contributed by atoms with Crippen molar-refractivity contribution in [1.29, 1.82) is 0 Å². The Bertz CT molecular complexity index is 321. The molecule has 76 valence electrons. The van der Waals surface area contributed by atoms with E-state index in [4.69, 9.17) is 5.73 Å². The summed E-state index contributed by atoms with van der Waals surface area (Å²) in [5.41, 5.74) is 8.27. The number of allylic oxidation sites excluding steroid dienone is 1. The van der Waals surface area contributed by atoms with Crippen molar-refractivity contribution in [2.45, 2.75) is 38.1 Å². The van der Waals surface area contributed by atoms with Gasteiger partial charge >= 0.3 is 0 Å². The monoisotopic (exact) mass is 192 g/mol. The fourth-order valence-electron chi connectivity index (χ4n) is 3.29. The molecule has 0 bridgehead atoms. The van der Waals surface area contributed by atoms with Crippen LogP contribution in [0.1, 0.15) is 32.1 Å². The van der Waals surface area contributed by atoms with Crippen LogP contribution in [0, 0.1) is 5.92 Å². The second-order valence-corrected chi connectivity index (χ2v) is 4.60. The van der Waals surface area contributed by atoms with Gasteiger partial charge in [0.1, 0.15) is 5.78 Å². The molecule has 3 aliphatic rings. The van der Waals surface area contributed by atoms with Crippen LogP contribution >= 0.6 is 0 Å². The SMILES string of the molecule is NC1=C2CCCN2C2CCCC(=O)C12. The molecule has 2 N–H and O–H groups in total. The molecule has 0 spiro atoms. The molecular weight excluding hydrogens is 176 g/mol. The topological polar surface area (TPSA) is 46.3 Å². The molecule has 0 aromatic rings. The molecule has 2 aliphatic heterocycles. The highest BCUT2D eigenvalue weighted by Crippen LogP contribution is 2.42. The maximum absolute atomic E-state index is 11.8. The zero-order valence-electron chi connectivity index (χ0n) is 8.33. The van der Waals surface area contributed by atoms with Gasteiger partial charge in [-0.2, -0.15) is 0 Å². The second kappa shape index (κ2) is 2.75. The number of carbonyl (C=O) groups is 1. The van der Waals surface area contributed by atoms with E-state index < -0.39 is 0 Å². The Morgan fingerprint density at radius 2 is 2.14 bits per heavy atom. The maximum Gasteiger partial charge on any atom is 0.143 e. The molecule has 14 heavy (non-hydrogen) atoms. The molecular formula is C11H16N2O. The molecule has 0 amide bonds. The van der Waals surface area contributed by atoms with Crippen LogP contribution in [-0.2, 0) is 4.79 Å². The number of nitrogens with two attached hydrogens (primary N) is 1. The normalized spacial score (nSPS) is 36.3. The van der Waals surface area contributed by atoms with Crippen LogP contribution in [0.2, 0.25) is 0 Å². The lowest BCUT2D eigenvalue weighted by Crippen LogP contribution is -2.40. The quantitative estimate of drug-likeness (QED) is 0.623. The van der Waals surface area contributed by atoms with Crippen LogP contribution < -0.4 is 5.73 Å². The largest absolute Gasteiger partial charge is 0.400 e. The van der Waals surface area contributed by atoms with Crippen molar-refractivity contribution in [2.75, 3.05) is 6.54 Å². The van der Waals surface area contributed by atoms with E-state index in [1.807, 2.05) is 0 Å². The van der Waals surface area contributed by atoms with Gasteiger partial charge in [0.05, 0.1) is 5.92 Å². The van der Waals surface area contributed by atoms with Gasteiger partial charge in [-0.05, 0) is 25.7 Å². The zero-order valence-corrected chi connectivity index (χ0v) is 8.33. The molecule has 2 atom stereocenters. The van der Waals surface area contributed by atoms with Crippen LogP contribution in [0.3, 0.4) is 0 Å². The molecule has 2 fully saturated rings. The van der Waals surface area contributed by atoms with Crippen molar-refractivity contribution in [2.24, 2.45) is 11.7 Å². The van der Waals surface area contributed by atoms with Crippen molar-refractivity contribution in [1.82, 2.24) is 4.90 Å². The minimum atomic E-state index is 0.0547. The fraction of sp³-hybridized carbons (Fsp3) is 0.727. The number of carbonyl (C=O) groups excluding carboxylic acids is 1. The van der Waals surface area contributed by atoms with E-state index in [0.717, 1.165) is 37.9 Å². The van der Waals surface area contributed by atoms with Crippen LogP contribution in [-0.4, -0.2) is 23.3 Å². The smallest absolute Gasteiger partial charge is 0.143 e. The van der Waals surface area contributed by atoms with Crippen LogP contribution in [0.25, 0.3) is 0 Å². The van der Waals surface area contributed by atoms with Crippen LogP contribution in [0.4, 0.5) is 0 Å². The predicted octanol–water partition coefficient (Wildman–Crippen LogP) is 1.00. The third-order valence-electron chi connectivity index (χ3n) is 3.88. The van der Waals surface area contributed by atoms with Gasteiger partial charge in [-0.25, -0.2) is 0 Å². The van der Waals surface area contributed by atoms with Gasteiger partial charge in [0.2, 0.25) is 0 Å². The van der Waals surface area contributed by atoms with Gasteiger partial charge in [-0.3, -0.25) is 4.79 Å². The number of rotatable bonds is 0. The van der Waals surface area contributed by atoms with E-state index in [-0.39, 0.29) is 5.92 Å². The highest BCUT2D eigenvalue weighted by atomic mass is 16.1. The highest BCUT2D eigenvalue weighted by Gasteiger charge is 2.45. The third kappa shape index (κ3) is 0.900. The van der Waals surface area contributed by atoms with E-state index in [0.29, 0.717) is 11.8 Å². The zero-order chi connectivity index (χ0) is 9.71. The van der Waals surface area contributed by atoms with Crippen molar-refractivity contribution in [3.8, 4) is 0 Å². The Kier molecular flexibility index (Phi) is 1.64. The van der Waals surface area contributed by atoms with Crippen molar-refractivity contribution in [3.63, 3.8) is 0 Å². The summed E-state index contributed by atoms with van der Waals surface area (Å²) in [4.78, 5) is 14.2. The van der Waals surface area contributed by atoms with Gasteiger partial charge in [0, 0.05) is 30.4 Å². The van der Waals surface area contributed by atoms with E-state index in [9.17, 15) is 4.79 Å². The number of hydrogen-bond donors (Lipinski definition) is 1. The van der Waals surface area contributed by atoms with Crippen molar-refractivity contribution >= 4 is 5.78 Å². The molecule has 1 aliphatic carbocycles. The maximum atomic E-state index is 11.8. The molecule has 2 unspecified atom stereocenters. The second-order valence-electron chi connectivity index (χ2n) is 4.60. The van der Waals surface area contributed by atoms with Gasteiger partial charge in [0.25, 0.3) is 0 Å². The lowest BCUT2D eigenvalue weighted by molar-refractivity contribution is -0.124. The molecule has 0 aromatic carbocycles. The van der Waals surface area contributed by atoms with Gasteiger partial charge in [-0.15, -0.1) is 0 Å². The minimum Gasteiger partial charge on any atom is -0.400 e. The van der Waals surface area contributed by atoms with Crippen LogP contribution in [0.5, 0.6) is 0 Å². The molecule has 3 heteroatoms.